The summed E-state index contributed by atoms with van der Waals surface area (Å²) in [6, 6.07) is 7.89. The van der Waals surface area contributed by atoms with Crippen molar-refractivity contribution in [1.82, 2.24) is 5.32 Å². The molecule has 0 radical (unpaired) electrons. The average molecular weight is 359 g/mol. The van der Waals surface area contributed by atoms with E-state index >= 15 is 0 Å². The van der Waals surface area contributed by atoms with Crippen LogP contribution < -0.4 is 15.8 Å². The number of benzene rings is 1. The van der Waals surface area contributed by atoms with Crippen LogP contribution in [0.5, 0.6) is 5.75 Å². The largest absolute Gasteiger partial charge is 0.497 e. The van der Waals surface area contributed by atoms with E-state index in [9.17, 15) is 4.79 Å². The van der Waals surface area contributed by atoms with Gasteiger partial charge < -0.3 is 15.8 Å². The van der Waals surface area contributed by atoms with E-state index in [4.69, 9.17) is 10.5 Å². The summed E-state index contributed by atoms with van der Waals surface area (Å²) in [5.74, 6) is 1.84. The summed E-state index contributed by atoms with van der Waals surface area (Å²) in [4.78, 5) is 13.2. The summed E-state index contributed by atoms with van der Waals surface area (Å²) in [5, 5.41) is 3.12. The van der Waals surface area contributed by atoms with E-state index < -0.39 is 0 Å². The number of rotatable bonds is 7. The van der Waals surface area contributed by atoms with Gasteiger partial charge in [-0.2, -0.15) is 0 Å². The van der Waals surface area contributed by atoms with Gasteiger partial charge in [0, 0.05) is 17.5 Å². The molecule has 130 valence electrons. The Kier molecular flexibility index (Phi) is 9.44. The Morgan fingerprint density at radius 1 is 1.39 bits per heavy atom. The Labute approximate surface area is 149 Å². The van der Waals surface area contributed by atoms with Gasteiger partial charge in [-0.1, -0.05) is 25.3 Å². The zero-order valence-electron chi connectivity index (χ0n) is 13.6. The third-order valence-corrected chi connectivity index (χ3v) is 5.22. The standard InChI is InChI=1S/C17H26N2O2S.ClH/c1-21-14-8-5-9-15(10-14)22-12-17(20)19-16(11-18)13-6-3-2-4-7-13;/h5,8-10,13,16H,2-4,6-7,11-12,18H2,1H3,(H,19,20);1H. The Morgan fingerprint density at radius 2 is 2.13 bits per heavy atom. The van der Waals surface area contributed by atoms with Gasteiger partial charge in [0.05, 0.1) is 12.9 Å². The second-order valence-corrected chi connectivity index (χ2v) is 6.82. The Morgan fingerprint density at radius 3 is 2.78 bits per heavy atom. The predicted molar refractivity (Wildman–Crippen MR) is 98.5 cm³/mol. The molecule has 1 unspecified atom stereocenters. The first-order valence-electron chi connectivity index (χ1n) is 7.99. The second-order valence-electron chi connectivity index (χ2n) is 5.78. The van der Waals surface area contributed by atoms with E-state index in [1.54, 1.807) is 7.11 Å². The maximum absolute atomic E-state index is 12.2. The number of carbonyl (C=O) groups is 1. The number of hydrogen-bond donors (Lipinski definition) is 2. The van der Waals surface area contributed by atoms with Crippen molar-refractivity contribution in [3.8, 4) is 5.75 Å². The summed E-state index contributed by atoms with van der Waals surface area (Å²) in [5.41, 5.74) is 5.86. The molecule has 1 aromatic rings. The molecule has 1 atom stereocenters. The zero-order valence-corrected chi connectivity index (χ0v) is 15.3. The maximum atomic E-state index is 12.2. The van der Waals surface area contributed by atoms with Gasteiger partial charge in [-0.15, -0.1) is 24.2 Å². The third-order valence-electron chi connectivity index (χ3n) is 4.23. The molecule has 1 aliphatic rings. The van der Waals surface area contributed by atoms with Crippen molar-refractivity contribution >= 4 is 30.1 Å². The van der Waals surface area contributed by atoms with Gasteiger partial charge in [0.25, 0.3) is 0 Å². The average Bonchev–Trinajstić information content (AvgIpc) is 2.58. The quantitative estimate of drug-likeness (QED) is 0.734. The summed E-state index contributed by atoms with van der Waals surface area (Å²) in [6.45, 7) is 0.528. The number of nitrogens with one attached hydrogen (secondary N) is 1. The van der Waals surface area contributed by atoms with Crippen LogP contribution in [0.4, 0.5) is 0 Å². The first-order valence-corrected chi connectivity index (χ1v) is 8.97. The molecule has 0 heterocycles. The number of ether oxygens (including phenoxy) is 1. The molecule has 4 nitrogen and oxygen atoms in total. The molecular weight excluding hydrogens is 332 g/mol. The highest BCUT2D eigenvalue weighted by Gasteiger charge is 2.23. The lowest BCUT2D eigenvalue weighted by Crippen LogP contribution is -2.46. The number of nitrogens with two attached hydrogens (primary N) is 1. The van der Waals surface area contributed by atoms with Crippen LogP contribution in [0, 0.1) is 5.92 Å². The van der Waals surface area contributed by atoms with Gasteiger partial charge in [0.15, 0.2) is 0 Å². The lowest BCUT2D eigenvalue weighted by atomic mass is 9.84. The normalized spacial score (nSPS) is 16.3. The van der Waals surface area contributed by atoms with Gasteiger partial charge >= 0.3 is 0 Å². The Balaban J connectivity index is 0.00000264. The molecule has 0 aliphatic heterocycles. The molecule has 3 N–H and O–H groups in total. The number of hydrogen-bond acceptors (Lipinski definition) is 4. The minimum Gasteiger partial charge on any atom is -0.497 e. The fraction of sp³-hybridized carbons (Fsp3) is 0.588. The van der Waals surface area contributed by atoms with Crippen LogP contribution >= 0.6 is 24.2 Å². The molecular formula is C17H27ClN2O2S. The summed E-state index contributed by atoms with van der Waals surface area (Å²) >= 11 is 1.52. The molecule has 6 heteroatoms. The van der Waals surface area contributed by atoms with Crippen molar-refractivity contribution in [2.75, 3.05) is 19.4 Å². The molecule has 1 aliphatic carbocycles. The highest BCUT2D eigenvalue weighted by molar-refractivity contribution is 8.00. The lowest BCUT2D eigenvalue weighted by molar-refractivity contribution is -0.119. The van der Waals surface area contributed by atoms with Gasteiger partial charge in [0.1, 0.15) is 5.75 Å². The Bertz CT molecular complexity index is 481. The lowest BCUT2D eigenvalue weighted by Gasteiger charge is -2.30. The van der Waals surface area contributed by atoms with Crippen LogP contribution in [-0.4, -0.2) is 31.4 Å². The van der Waals surface area contributed by atoms with Crippen molar-refractivity contribution in [3.63, 3.8) is 0 Å². The monoisotopic (exact) mass is 358 g/mol. The first-order chi connectivity index (χ1) is 10.7. The number of methoxy groups -OCH3 is 1. The molecule has 0 aromatic heterocycles. The molecule has 1 saturated carbocycles. The SMILES string of the molecule is COc1cccc(SCC(=O)NC(CN)C2CCCCC2)c1.Cl. The minimum atomic E-state index is 0. The molecule has 1 aromatic carbocycles. The summed E-state index contributed by atoms with van der Waals surface area (Å²) in [7, 11) is 1.65. The molecule has 0 bridgehead atoms. The number of carbonyl (C=O) groups excluding carboxylic acids is 1. The second kappa shape index (κ2) is 10.8. The molecule has 0 spiro atoms. The van der Waals surface area contributed by atoms with Crippen LogP contribution in [-0.2, 0) is 4.79 Å². The van der Waals surface area contributed by atoms with Crippen LogP contribution in [0.1, 0.15) is 32.1 Å². The van der Waals surface area contributed by atoms with Crippen molar-refractivity contribution in [1.29, 1.82) is 0 Å². The maximum Gasteiger partial charge on any atom is 0.230 e. The smallest absolute Gasteiger partial charge is 0.230 e. The number of halogens is 1. The zero-order chi connectivity index (χ0) is 15.8. The highest BCUT2D eigenvalue weighted by Crippen LogP contribution is 2.26. The van der Waals surface area contributed by atoms with E-state index in [1.807, 2.05) is 24.3 Å². The predicted octanol–water partition coefficient (Wildman–Crippen LogP) is 3.23. The van der Waals surface area contributed by atoms with Gasteiger partial charge in [-0.05, 0) is 37.0 Å². The van der Waals surface area contributed by atoms with Gasteiger partial charge in [0.2, 0.25) is 5.91 Å². The van der Waals surface area contributed by atoms with E-state index in [-0.39, 0.29) is 24.4 Å². The number of amides is 1. The van der Waals surface area contributed by atoms with E-state index in [1.165, 1.54) is 43.9 Å². The minimum absolute atomic E-state index is 0. The van der Waals surface area contributed by atoms with Crippen molar-refractivity contribution < 1.29 is 9.53 Å². The molecule has 23 heavy (non-hydrogen) atoms. The van der Waals surface area contributed by atoms with E-state index in [2.05, 4.69) is 5.32 Å². The fourth-order valence-corrected chi connectivity index (χ4v) is 3.75. The van der Waals surface area contributed by atoms with Crippen molar-refractivity contribution in [2.45, 2.75) is 43.0 Å². The van der Waals surface area contributed by atoms with Crippen LogP contribution in [0.25, 0.3) is 0 Å². The van der Waals surface area contributed by atoms with Crippen molar-refractivity contribution in [2.24, 2.45) is 11.7 Å². The molecule has 2 rings (SSSR count). The summed E-state index contributed by atoms with van der Waals surface area (Å²) < 4.78 is 5.19. The van der Waals surface area contributed by atoms with Gasteiger partial charge in [-0.3, -0.25) is 4.79 Å². The van der Waals surface area contributed by atoms with Crippen LogP contribution in [0.2, 0.25) is 0 Å². The van der Waals surface area contributed by atoms with Gasteiger partial charge in [-0.25, -0.2) is 0 Å². The van der Waals surface area contributed by atoms with Crippen molar-refractivity contribution in [3.05, 3.63) is 24.3 Å². The van der Waals surface area contributed by atoms with Crippen LogP contribution in [0.3, 0.4) is 0 Å². The van der Waals surface area contributed by atoms with Crippen LogP contribution in [0.15, 0.2) is 29.2 Å². The number of thioether (sulfide) groups is 1. The van der Waals surface area contributed by atoms with E-state index in [0.717, 1.165) is 10.6 Å². The third kappa shape index (κ3) is 6.61. The topological polar surface area (TPSA) is 64.3 Å². The molecule has 1 amide bonds. The first kappa shape index (κ1) is 20.1. The van der Waals surface area contributed by atoms with E-state index in [0.29, 0.717) is 18.2 Å². The highest BCUT2D eigenvalue weighted by atomic mass is 35.5. The molecule has 0 saturated heterocycles. The summed E-state index contributed by atoms with van der Waals surface area (Å²) in [6.07, 6.45) is 6.20. The Hall–Kier alpha value is -0.910. The fourth-order valence-electron chi connectivity index (χ4n) is 2.99. The molecule has 1 fully saturated rings.